The van der Waals surface area contributed by atoms with Crippen molar-refractivity contribution in [1.29, 1.82) is 0 Å². The van der Waals surface area contributed by atoms with Gasteiger partial charge in [-0.1, -0.05) is 25.4 Å². The zero-order valence-corrected chi connectivity index (χ0v) is 12.9. The Balaban J connectivity index is 2.74. The third-order valence-electron chi connectivity index (χ3n) is 3.04. The van der Waals surface area contributed by atoms with E-state index >= 15 is 0 Å². The predicted molar refractivity (Wildman–Crippen MR) is 79.4 cm³/mol. The fraction of sp³-hybridized carbons (Fsp3) is 0.692. The first-order chi connectivity index (χ1) is 9.41. The van der Waals surface area contributed by atoms with Crippen molar-refractivity contribution >= 4 is 17.3 Å². The Morgan fingerprint density at radius 2 is 2.25 bits per heavy atom. The smallest absolute Gasteiger partial charge is 0.287 e. The fourth-order valence-corrected chi connectivity index (χ4v) is 1.86. The van der Waals surface area contributed by atoms with Crippen molar-refractivity contribution in [2.45, 2.75) is 26.8 Å². The lowest BCUT2D eigenvalue weighted by Gasteiger charge is -2.25. The van der Waals surface area contributed by atoms with Gasteiger partial charge in [-0.2, -0.15) is 5.10 Å². The molecule has 0 radical (unpaired) electrons. The van der Waals surface area contributed by atoms with Crippen LogP contribution in [-0.4, -0.2) is 41.8 Å². The van der Waals surface area contributed by atoms with E-state index in [1.165, 1.54) is 6.20 Å². The van der Waals surface area contributed by atoms with Crippen LogP contribution in [0.25, 0.3) is 0 Å². The molecule has 2 N–H and O–H groups in total. The van der Waals surface area contributed by atoms with Gasteiger partial charge in [0.25, 0.3) is 5.56 Å². The molecule has 0 aliphatic rings. The number of ether oxygens (including phenoxy) is 1. The molecule has 114 valence electrons. The highest BCUT2D eigenvalue weighted by molar-refractivity contribution is 6.32. The van der Waals surface area contributed by atoms with Gasteiger partial charge in [-0.25, -0.2) is 4.68 Å². The maximum absolute atomic E-state index is 11.9. The minimum atomic E-state index is -0.402. The maximum Gasteiger partial charge on any atom is 0.287 e. The fourth-order valence-electron chi connectivity index (χ4n) is 1.64. The first kappa shape index (κ1) is 16.9. The Kier molecular flexibility index (Phi) is 6.45. The van der Waals surface area contributed by atoms with Crippen LogP contribution in [0.5, 0.6) is 0 Å². The van der Waals surface area contributed by atoms with Crippen LogP contribution in [0, 0.1) is 5.41 Å². The molecular formula is C13H22ClN3O3. The summed E-state index contributed by atoms with van der Waals surface area (Å²) in [6.45, 7) is 5.53. The van der Waals surface area contributed by atoms with Gasteiger partial charge in [0.15, 0.2) is 0 Å². The highest BCUT2D eigenvalue weighted by Crippen LogP contribution is 2.23. The van der Waals surface area contributed by atoms with Crippen LogP contribution in [0.15, 0.2) is 11.0 Å². The van der Waals surface area contributed by atoms with Crippen molar-refractivity contribution in [3.63, 3.8) is 0 Å². The van der Waals surface area contributed by atoms with Crippen LogP contribution < -0.4 is 10.9 Å². The molecule has 0 fully saturated rings. The molecule has 6 nitrogen and oxygen atoms in total. The number of anilines is 1. The summed E-state index contributed by atoms with van der Waals surface area (Å²) in [5.41, 5.74) is 0.121. The van der Waals surface area contributed by atoms with Crippen molar-refractivity contribution < 1.29 is 9.84 Å². The van der Waals surface area contributed by atoms with E-state index in [9.17, 15) is 4.79 Å². The number of hydrogen-bond acceptors (Lipinski definition) is 5. The number of aromatic nitrogens is 2. The summed E-state index contributed by atoms with van der Waals surface area (Å²) in [5, 5.41) is 16.0. The van der Waals surface area contributed by atoms with Gasteiger partial charge in [0.2, 0.25) is 0 Å². The molecule has 0 aliphatic carbocycles. The molecule has 0 aromatic carbocycles. The summed E-state index contributed by atoms with van der Waals surface area (Å²) in [6.07, 6.45) is 2.40. The zero-order chi connectivity index (χ0) is 15.2. The number of nitrogens with one attached hydrogen (secondary N) is 1. The quantitative estimate of drug-likeness (QED) is 0.758. The molecule has 7 heteroatoms. The molecule has 0 unspecified atom stereocenters. The van der Waals surface area contributed by atoms with E-state index in [1.54, 1.807) is 7.11 Å². The first-order valence-corrected chi connectivity index (χ1v) is 6.88. The average molecular weight is 304 g/mol. The summed E-state index contributed by atoms with van der Waals surface area (Å²) < 4.78 is 6.21. The van der Waals surface area contributed by atoms with Gasteiger partial charge in [-0.05, 0) is 11.8 Å². The van der Waals surface area contributed by atoms with Gasteiger partial charge in [0, 0.05) is 20.3 Å². The summed E-state index contributed by atoms with van der Waals surface area (Å²) in [6, 6.07) is 0. The lowest BCUT2D eigenvalue weighted by atomic mass is 9.89. The topological polar surface area (TPSA) is 76.4 Å². The van der Waals surface area contributed by atoms with Gasteiger partial charge in [-0.15, -0.1) is 0 Å². The van der Waals surface area contributed by atoms with Crippen molar-refractivity contribution in [1.82, 2.24) is 9.78 Å². The number of halogens is 1. The molecule has 1 aromatic heterocycles. The molecule has 0 spiro atoms. The normalized spacial score (nSPS) is 11.7. The third-order valence-corrected chi connectivity index (χ3v) is 3.40. The summed E-state index contributed by atoms with van der Waals surface area (Å²) in [5.74, 6) is 0. The highest BCUT2D eigenvalue weighted by atomic mass is 35.5. The standard InChI is InChI=1S/C13H22ClN3O3/c1-13(2,4-7-20-3)9-15-10-8-16-17(5-6-18)12(19)11(10)14/h8,15,18H,4-7,9H2,1-3H3. The number of hydrogen-bond donors (Lipinski definition) is 2. The van der Waals surface area contributed by atoms with Crippen molar-refractivity contribution in [3.8, 4) is 0 Å². The first-order valence-electron chi connectivity index (χ1n) is 6.50. The zero-order valence-electron chi connectivity index (χ0n) is 12.1. The van der Waals surface area contributed by atoms with Crippen LogP contribution in [0.1, 0.15) is 20.3 Å². The summed E-state index contributed by atoms with van der Waals surface area (Å²) in [4.78, 5) is 11.9. The molecule has 1 heterocycles. The SMILES string of the molecule is COCCC(C)(C)CNc1cnn(CCO)c(=O)c1Cl. The Morgan fingerprint density at radius 1 is 1.55 bits per heavy atom. The summed E-state index contributed by atoms with van der Waals surface area (Å²) >= 11 is 6.03. The average Bonchev–Trinajstić information content (AvgIpc) is 2.41. The van der Waals surface area contributed by atoms with E-state index in [-0.39, 0.29) is 23.6 Å². The Hall–Kier alpha value is -1.11. The van der Waals surface area contributed by atoms with Gasteiger partial charge >= 0.3 is 0 Å². The molecule has 0 aliphatic heterocycles. The van der Waals surface area contributed by atoms with E-state index in [0.29, 0.717) is 18.8 Å². The van der Waals surface area contributed by atoms with Crippen LogP contribution in [0.3, 0.4) is 0 Å². The van der Waals surface area contributed by atoms with Crippen molar-refractivity contribution in [3.05, 3.63) is 21.6 Å². The van der Waals surface area contributed by atoms with Gasteiger partial charge in [0.1, 0.15) is 5.02 Å². The Bertz CT molecular complexity index is 488. The molecule has 0 amide bonds. The number of aliphatic hydroxyl groups is 1. The molecular weight excluding hydrogens is 282 g/mol. The van der Waals surface area contributed by atoms with Gasteiger partial charge in [0.05, 0.1) is 25.0 Å². The molecule has 0 saturated carbocycles. The second kappa shape index (κ2) is 7.61. The molecule has 1 rings (SSSR count). The van der Waals surface area contributed by atoms with Crippen LogP contribution in [0.2, 0.25) is 5.02 Å². The lowest BCUT2D eigenvalue weighted by molar-refractivity contribution is 0.157. The van der Waals surface area contributed by atoms with Gasteiger partial charge < -0.3 is 15.2 Å². The summed E-state index contributed by atoms with van der Waals surface area (Å²) in [7, 11) is 1.67. The van der Waals surface area contributed by atoms with Crippen LogP contribution >= 0.6 is 11.6 Å². The lowest BCUT2D eigenvalue weighted by Crippen LogP contribution is -2.28. The minimum Gasteiger partial charge on any atom is -0.394 e. The monoisotopic (exact) mass is 303 g/mol. The minimum absolute atomic E-state index is 0.0132. The van der Waals surface area contributed by atoms with E-state index < -0.39 is 5.56 Å². The highest BCUT2D eigenvalue weighted by Gasteiger charge is 2.18. The van der Waals surface area contributed by atoms with E-state index in [2.05, 4.69) is 24.3 Å². The molecule has 20 heavy (non-hydrogen) atoms. The van der Waals surface area contributed by atoms with Crippen molar-refractivity contribution in [2.75, 3.05) is 32.2 Å². The van der Waals surface area contributed by atoms with Crippen LogP contribution in [0.4, 0.5) is 5.69 Å². The maximum atomic E-state index is 11.9. The number of methoxy groups -OCH3 is 1. The Morgan fingerprint density at radius 3 is 2.85 bits per heavy atom. The number of rotatable bonds is 8. The predicted octanol–water partition coefficient (Wildman–Crippen LogP) is 1.36. The third kappa shape index (κ3) is 4.77. The van der Waals surface area contributed by atoms with E-state index in [4.69, 9.17) is 21.4 Å². The largest absolute Gasteiger partial charge is 0.394 e. The van der Waals surface area contributed by atoms with E-state index in [0.717, 1.165) is 11.1 Å². The molecule has 0 saturated heterocycles. The number of nitrogens with zero attached hydrogens (tertiary/aromatic N) is 2. The molecule has 0 atom stereocenters. The molecule has 1 aromatic rings. The second-order valence-electron chi connectivity index (χ2n) is 5.38. The van der Waals surface area contributed by atoms with Crippen LogP contribution in [-0.2, 0) is 11.3 Å². The Labute approximate surface area is 123 Å². The molecule has 0 bridgehead atoms. The van der Waals surface area contributed by atoms with E-state index in [1.807, 2.05) is 0 Å². The van der Waals surface area contributed by atoms with Gasteiger partial charge in [-0.3, -0.25) is 4.79 Å². The number of aliphatic hydroxyl groups excluding tert-OH is 1. The second-order valence-corrected chi connectivity index (χ2v) is 5.76. The van der Waals surface area contributed by atoms with Crippen molar-refractivity contribution in [2.24, 2.45) is 5.41 Å².